The van der Waals surface area contributed by atoms with Gasteiger partial charge in [0.05, 0.1) is 23.9 Å². The Morgan fingerprint density at radius 3 is 2.47 bits per heavy atom. The van der Waals surface area contributed by atoms with Gasteiger partial charge in [-0.3, -0.25) is 0 Å². The molecule has 1 heterocycles. The Hall–Kier alpha value is -3.24. The third-order valence-electron chi connectivity index (χ3n) is 6.85. The van der Waals surface area contributed by atoms with E-state index in [0.29, 0.717) is 5.92 Å². The number of fused-ring (bicyclic) bond motifs is 1. The molecule has 1 aliphatic carbocycles. The van der Waals surface area contributed by atoms with Crippen LogP contribution in [0, 0.1) is 0 Å². The Kier molecular flexibility index (Phi) is 6.09. The van der Waals surface area contributed by atoms with Crippen molar-refractivity contribution < 1.29 is 14.6 Å². The Bertz CT molecular complexity index is 1250. The van der Waals surface area contributed by atoms with Crippen molar-refractivity contribution in [1.29, 1.82) is 0 Å². The van der Waals surface area contributed by atoms with Crippen molar-refractivity contribution in [2.75, 3.05) is 12.0 Å². The number of ether oxygens (including phenoxy) is 1. The van der Waals surface area contributed by atoms with Gasteiger partial charge in [-0.1, -0.05) is 48.0 Å². The van der Waals surface area contributed by atoms with Crippen molar-refractivity contribution in [3.63, 3.8) is 0 Å². The van der Waals surface area contributed by atoms with Crippen molar-refractivity contribution in [2.24, 2.45) is 0 Å². The number of nitrogens with zero attached hydrogens (tertiary/aromatic N) is 1. The fourth-order valence-corrected chi connectivity index (χ4v) is 5.28. The summed E-state index contributed by atoms with van der Waals surface area (Å²) in [5.74, 6) is 0.554. The molecule has 174 valence electrons. The van der Waals surface area contributed by atoms with E-state index in [1.165, 1.54) is 31.6 Å². The molecule has 0 amide bonds. The molecule has 0 spiro atoms. The topological polar surface area (TPSA) is 49.8 Å². The van der Waals surface area contributed by atoms with Gasteiger partial charge >= 0.3 is 5.97 Å². The van der Waals surface area contributed by atoms with Crippen LogP contribution in [0.25, 0.3) is 6.08 Å². The van der Waals surface area contributed by atoms with Gasteiger partial charge in [-0.15, -0.1) is 0 Å². The van der Waals surface area contributed by atoms with Crippen molar-refractivity contribution in [1.82, 2.24) is 0 Å². The maximum Gasteiger partial charge on any atom is 0.330 e. The molecular formula is C29H28ClNO3. The Labute approximate surface area is 205 Å². The van der Waals surface area contributed by atoms with Crippen molar-refractivity contribution >= 4 is 29.3 Å². The van der Waals surface area contributed by atoms with Crippen LogP contribution in [0.1, 0.15) is 59.5 Å². The summed E-state index contributed by atoms with van der Waals surface area (Å²) in [6, 6.07) is 20.5. The summed E-state index contributed by atoms with van der Waals surface area (Å²) >= 11 is 6.88. The molecule has 0 radical (unpaired) electrons. The first kappa shape index (κ1) is 22.5. The number of anilines is 1. The summed E-state index contributed by atoms with van der Waals surface area (Å²) in [5, 5.41) is 10.9. The lowest BCUT2D eigenvalue weighted by atomic mass is 9.84. The molecule has 3 aromatic rings. The highest BCUT2D eigenvalue weighted by Gasteiger charge is 2.35. The number of aromatic hydroxyl groups is 1. The molecule has 4 nitrogen and oxygen atoms in total. The number of methoxy groups -OCH3 is 1. The predicted molar refractivity (Wildman–Crippen MR) is 137 cm³/mol. The lowest BCUT2D eigenvalue weighted by Crippen LogP contribution is -2.43. The van der Waals surface area contributed by atoms with Crippen molar-refractivity contribution in [2.45, 2.75) is 44.2 Å². The number of benzene rings is 3. The van der Waals surface area contributed by atoms with Gasteiger partial charge < -0.3 is 14.7 Å². The van der Waals surface area contributed by atoms with E-state index in [1.54, 1.807) is 12.1 Å². The molecule has 5 rings (SSSR count). The molecule has 2 aliphatic rings. The Balaban J connectivity index is 1.57. The largest absolute Gasteiger partial charge is 0.508 e. The van der Waals surface area contributed by atoms with E-state index in [0.717, 1.165) is 39.4 Å². The second-order valence-corrected chi connectivity index (χ2v) is 9.66. The molecule has 0 bridgehead atoms. The fourth-order valence-electron chi connectivity index (χ4n) is 5.00. The van der Waals surface area contributed by atoms with E-state index in [1.807, 2.05) is 24.3 Å². The molecule has 0 unspecified atom stereocenters. The summed E-state index contributed by atoms with van der Waals surface area (Å²) in [6.07, 6.45) is 6.47. The highest BCUT2D eigenvalue weighted by molar-refractivity contribution is 6.33. The first-order chi connectivity index (χ1) is 16.4. The van der Waals surface area contributed by atoms with E-state index >= 15 is 0 Å². The van der Waals surface area contributed by atoms with Gasteiger partial charge in [0.2, 0.25) is 0 Å². The van der Waals surface area contributed by atoms with Crippen LogP contribution in [0.15, 0.2) is 66.7 Å². The molecule has 2 atom stereocenters. The molecule has 34 heavy (non-hydrogen) atoms. The van der Waals surface area contributed by atoms with E-state index in [9.17, 15) is 9.90 Å². The highest BCUT2D eigenvalue weighted by Crippen LogP contribution is 2.46. The summed E-state index contributed by atoms with van der Waals surface area (Å²) in [6.45, 7) is 2.21. The van der Waals surface area contributed by atoms with E-state index in [2.05, 4.69) is 46.9 Å². The van der Waals surface area contributed by atoms with Gasteiger partial charge in [-0.05, 0) is 90.3 Å². The average molecular weight is 474 g/mol. The van der Waals surface area contributed by atoms with Crippen LogP contribution in [0.3, 0.4) is 0 Å². The molecule has 3 aromatic carbocycles. The van der Waals surface area contributed by atoms with Gasteiger partial charge in [0.25, 0.3) is 0 Å². The standard InChI is InChI=1S/C29H28ClNO3/c1-18-15-23-16-24(32)11-12-25(23)29(21-6-3-19(4-7-21)5-14-28(33)34-2)31(18)27-13-10-22(17-26(27)30)20-8-9-20/h3-7,10-14,16-18,20,29,32H,8-9,15H2,1-2H3/b14-5+/t18-,29+/m0/s1. The predicted octanol–water partition coefficient (Wildman–Crippen LogP) is 6.65. The number of halogens is 1. The Morgan fingerprint density at radius 1 is 1.06 bits per heavy atom. The smallest absolute Gasteiger partial charge is 0.330 e. The lowest BCUT2D eigenvalue weighted by Gasteiger charge is -2.44. The highest BCUT2D eigenvalue weighted by atomic mass is 35.5. The van der Waals surface area contributed by atoms with Crippen LogP contribution in [0.4, 0.5) is 5.69 Å². The first-order valence-corrected chi connectivity index (χ1v) is 12.1. The quantitative estimate of drug-likeness (QED) is 0.333. The van der Waals surface area contributed by atoms with Crippen LogP contribution in [0.5, 0.6) is 5.75 Å². The molecule has 1 N–H and O–H groups in total. The van der Waals surface area contributed by atoms with E-state index in [-0.39, 0.29) is 23.8 Å². The molecule has 1 saturated carbocycles. The van der Waals surface area contributed by atoms with Crippen molar-refractivity contribution in [3.05, 3.63) is 99.6 Å². The lowest BCUT2D eigenvalue weighted by molar-refractivity contribution is -0.134. The monoisotopic (exact) mass is 473 g/mol. The number of hydrogen-bond acceptors (Lipinski definition) is 4. The van der Waals surface area contributed by atoms with E-state index in [4.69, 9.17) is 11.6 Å². The third kappa shape index (κ3) is 4.43. The minimum Gasteiger partial charge on any atom is -0.508 e. The van der Waals surface area contributed by atoms with Crippen LogP contribution >= 0.6 is 11.6 Å². The second-order valence-electron chi connectivity index (χ2n) is 9.25. The normalized spacial score (nSPS) is 19.8. The first-order valence-electron chi connectivity index (χ1n) is 11.7. The molecular weight excluding hydrogens is 446 g/mol. The summed E-state index contributed by atoms with van der Waals surface area (Å²) in [7, 11) is 1.37. The molecule has 0 saturated heterocycles. The number of esters is 1. The summed E-state index contributed by atoms with van der Waals surface area (Å²) in [5.41, 5.74) is 6.70. The van der Waals surface area contributed by atoms with Crippen molar-refractivity contribution in [3.8, 4) is 5.75 Å². The fraction of sp³-hybridized carbons (Fsp3) is 0.276. The number of hydrogen-bond donors (Lipinski definition) is 1. The van der Waals surface area contributed by atoms with Gasteiger partial charge in [0.15, 0.2) is 0 Å². The zero-order valence-electron chi connectivity index (χ0n) is 19.4. The second kappa shape index (κ2) is 9.19. The molecule has 5 heteroatoms. The zero-order valence-corrected chi connectivity index (χ0v) is 20.1. The number of phenols is 1. The molecule has 0 aromatic heterocycles. The van der Waals surface area contributed by atoms with Crippen LogP contribution in [0.2, 0.25) is 5.02 Å². The van der Waals surface area contributed by atoms with Gasteiger partial charge in [-0.2, -0.15) is 0 Å². The van der Waals surface area contributed by atoms with Gasteiger partial charge in [0.1, 0.15) is 5.75 Å². The molecule has 1 fully saturated rings. The Morgan fingerprint density at radius 2 is 1.79 bits per heavy atom. The van der Waals surface area contributed by atoms with Gasteiger partial charge in [-0.25, -0.2) is 4.79 Å². The maximum atomic E-state index is 11.5. The number of carbonyl (C=O) groups is 1. The number of phenolic OH excluding ortho intramolecular Hbond substituents is 1. The maximum absolute atomic E-state index is 11.5. The average Bonchev–Trinajstić information content (AvgIpc) is 3.68. The zero-order chi connectivity index (χ0) is 23.8. The minimum atomic E-state index is -0.380. The van der Waals surface area contributed by atoms with Crippen LogP contribution < -0.4 is 4.90 Å². The molecule has 1 aliphatic heterocycles. The van der Waals surface area contributed by atoms with E-state index < -0.39 is 0 Å². The van der Waals surface area contributed by atoms with Gasteiger partial charge in [0, 0.05) is 12.1 Å². The SMILES string of the molecule is COC(=O)/C=C/c1ccc([C@@H]2c3ccc(O)cc3C[C@H](C)N2c2ccc(C3CC3)cc2Cl)cc1. The number of rotatable bonds is 5. The van der Waals surface area contributed by atoms with Crippen LogP contribution in [-0.4, -0.2) is 24.2 Å². The number of carbonyl (C=O) groups excluding carboxylic acids is 1. The minimum absolute atomic E-state index is 0.0535. The summed E-state index contributed by atoms with van der Waals surface area (Å²) < 4.78 is 4.69. The third-order valence-corrected chi connectivity index (χ3v) is 7.16. The summed E-state index contributed by atoms with van der Waals surface area (Å²) in [4.78, 5) is 13.9. The van der Waals surface area contributed by atoms with Crippen LogP contribution in [-0.2, 0) is 16.0 Å².